The molecule has 43 heavy (non-hydrogen) atoms. The van der Waals surface area contributed by atoms with E-state index in [2.05, 4.69) is 9.97 Å². The molecule has 0 saturated heterocycles. The zero-order chi connectivity index (χ0) is 30.6. The number of pyridine rings is 2. The average Bonchev–Trinajstić information content (AvgIpc) is 3.40. The number of rotatable bonds is 5. The van der Waals surface area contributed by atoms with E-state index in [0.717, 1.165) is 16.8 Å². The van der Waals surface area contributed by atoms with Gasteiger partial charge in [0.1, 0.15) is 22.7 Å². The first-order valence-electron chi connectivity index (χ1n) is 12.3. The second kappa shape index (κ2) is 10.4. The van der Waals surface area contributed by atoms with Crippen molar-refractivity contribution in [1.29, 1.82) is 5.26 Å². The van der Waals surface area contributed by atoms with Crippen LogP contribution in [0.3, 0.4) is 0 Å². The van der Waals surface area contributed by atoms with Gasteiger partial charge in [-0.1, -0.05) is 11.6 Å². The fourth-order valence-electron chi connectivity index (χ4n) is 4.77. The van der Waals surface area contributed by atoms with Crippen LogP contribution >= 0.6 is 11.6 Å². The van der Waals surface area contributed by atoms with Gasteiger partial charge in [-0.2, -0.15) is 5.26 Å². The molecule has 0 amide bonds. The summed E-state index contributed by atoms with van der Waals surface area (Å²) in [5, 5.41) is 9.34. The molecule has 0 radical (unpaired) electrons. The quantitative estimate of drug-likeness (QED) is 0.202. The summed E-state index contributed by atoms with van der Waals surface area (Å²) in [6.45, 7) is -0.548. The van der Waals surface area contributed by atoms with Crippen LogP contribution in [0.2, 0.25) is 5.02 Å². The van der Waals surface area contributed by atoms with Gasteiger partial charge in [-0.15, -0.1) is 0 Å². The predicted octanol–water partition coefficient (Wildman–Crippen LogP) is 5.00. The first kappa shape index (κ1) is 27.7. The minimum atomic E-state index is -1.70. The Morgan fingerprint density at radius 2 is 1.77 bits per heavy atom. The Bertz CT molecular complexity index is 2270. The zero-order valence-corrected chi connectivity index (χ0v) is 22.5. The highest BCUT2D eigenvalue weighted by Gasteiger charge is 2.24. The van der Waals surface area contributed by atoms with Crippen LogP contribution in [0, 0.1) is 34.6 Å². The summed E-state index contributed by atoms with van der Waals surface area (Å²) in [5.74, 6) is -5.75. The minimum Gasteiger partial charge on any atom is -0.480 e. The molecule has 0 bridgehead atoms. The van der Waals surface area contributed by atoms with Crippen LogP contribution in [0.25, 0.3) is 33.6 Å². The van der Waals surface area contributed by atoms with E-state index in [1.807, 2.05) is 6.07 Å². The molecule has 14 heteroatoms. The van der Waals surface area contributed by atoms with Gasteiger partial charge in [-0.25, -0.2) is 36.9 Å². The summed E-state index contributed by atoms with van der Waals surface area (Å²) in [5.41, 5.74) is -1.36. The van der Waals surface area contributed by atoms with Crippen LogP contribution in [0.5, 0.6) is 5.88 Å². The maximum Gasteiger partial charge on any atom is 0.337 e. The molecule has 0 atom stereocenters. The van der Waals surface area contributed by atoms with Crippen LogP contribution in [0.4, 0.5) is 17.6 Å². The zero-order valence-electron chi connectivity index (χ0n) is 21.8. The third kappa shape index (κ3) is 4.58. The molecule has 9 nitrogen and oxygen atoms in total. The Morgan fingerprint density at radius 3 is 2.47 bits per heavy atom. The highest BCUT2D eigenvalue weighted by molar-refractivity contribution is 6.33. The number of nitriles is 1. The number of aromatic nitrogens is 5. The molecule has 0 aliphatic rings. The van der Waals surface area contributed by atoms with E-state index in [-0.39, 0.29) is 55.7 Å². The van der Waals surface area contributed by atoms with E-state index in [1.54, 1.807) is 0 Å². The van der Waals surface area contributed by atoms with Gasteiger partial charge in [0, 0.05) is 11.8 Å². The van der Waals surface area contributed by atoms with E-state index in [1.165, 1.54) is 48.0 Å². The molecule has 6 aromatic rings. The Kier molecular flexibility index (Phi) is 6.70. The molecule has 214 valence electrons. The van der Waals surface area contributed by atoms with Crippen molar-refractivity contribution in [3.8, 4) is 29.0 Å². The van der Waals surface area contributed by atoms with E-state index >= 15 is 0 Å². The fourth-order valence-corrected chi connectivity index (χ4v) is 4.98. The number of ether oxygens (including phenoxy) is 1. The topological polar surface area (TPSA) is 107 Å². The molecule has 4 heterocycles. The molecule has 0 aliphatic heterocycles. The summed E-state index contributed by atoms with van der Waals surface area (Å²) < 4.78 is 64.6. The Hall–Kier alpha value is -5.48. The van der Waals surface area contributed by atoms with E-state index < -0.39 is 41.1 Å². The lowest BCUT2D eigenvalue weighted by molar-refractivity contribution is 0.403. The summed E-state index contributed by atoms with van der Waals surface area (Å²) in [7, 11) is 1.23. The van der Waals surface area contributed by atoms with Crippen molar-refractivity contribution in [2.45, 2.75) is 6.54 Å². The Balaban J connectivity index is 1.73. The van der Waals surface area contributed by atoms with Crippen molar-refractivity contribution < 1.29 is 22.3 Å². The molecule has 2 aromatic carbocycles. The third-order valence-corrected chi connectivity index (χ3v) is 7.05. The lowest BCUT2D eigenvalue weighted by Gasteiger charge is -2.17. The second-order valence-electron chi connectivity index (χ2n) is 9.29. The molecular weight excluding hydrogens is 592 g/mol. The van der Waals surface area contributed by atoms with Gasteiger partial charge in [0.2, 0.25) is 5.88 Å². The lowest BCUT2D eigenvalue weighted by atomic mass is 10.1. The van der Waals surface area contributed by atoms with Crippen molar-refractivity contribution >= 4 is 28.2 Å². The van der Waals surface area contributed by atoms with Gasteiger partial charge >= 0.3 is 5.69 Å². The normalized spacial score (nSPS) is 11.3. The van der Waals surface area contributed by atoms with Gasteiger partial charge in [-0.05, 0) is 54.1 Å². The molecular formula is C29H15ClF4N6O3. The highest BCUT2D eigenvalue weighted by atomic mass is 35.5. The molecule has 0 N–H and O–H groups in total. The molecule has 0 unspecified atom stereocenters. The lowest BCUT2D eigenvalue weighted by Crippen LogP contribution is -2.40. The number of benzene rings is 2. The van der Waals surface area contributed by atoms with Crippen molar-refractivity contribution in [1.82, 2.24) is 23.5 Å². The van der Waals surface area contributed by atoms with Gasteiger partial charge in [0.25, 0.3) is 5.56 Å². The van der Waals surface area contributed by atoms with E-state index in [4.69, 9.17) is 16.3 Å². The van der Waals surface area contributed by atoms with Gasteiger partial charge < -0.3 is 4.74 Å². The van der Waals surface area contributed by atoms with Gasteiger partial charge in [0.05, 0.1) is 47.7 Å². The van der Waals surface area contributed by atoms with Crippen molar-refractivity contribution in [3.05, 3.63) is 121 Å². The maximum absolute atomic E-state index is 14.2. The van der Waals surface area contributed by atoms with Crippen LogP contribution in [-0.2, 0) is 6.54 Å². The fraction of sp³-hybridized carbons (Fsp3) is 0.0690. The van der Waals surface area contributed by atoms with E-state index in [9.17, 15) is 32.4 Å². The number of hydrogen-bond donors (Lipinski definition) is 0. The van der Waals surface area contributed by atoms with E-state index in [0.29, 0.717) is 16.7 Å². The summed E-state index contributed by atoms with van der Waals surface area (Å²) in [6, 6.07) is 11.6. The first-order valence-corrected chi connectivity index (χ1v) is 12.7. The predicted molar refractivity (Wildman–Crippen MR) is 147 cm³/mol. The Morgan fingerprint density at radius 1 is 1.02 bits per heavy atom. The monoisotopic (exact) mass is 606 g/mol. The van der Waals surface area contributed by atoms with Gasteiger partial charge in [0.15, 0.2) is 17.5 Å². The Labute approximate surface area is 243 Å². The number of hydrogen-bond acceptors (Lipinski definition) is 6. The van der Waals surface area contributed by atoms with Crippen LogP contribution in [0.1, 0.15) is 11.1 Å². The number of nitrogens with zero attached hydrogens (tertiary/aromatic N) is 6. The van der Waals surface area contributed by atoms with Crippen molar-refractivity contribution in [2.75, 3.05) is 7.11 Å². The van der Waals surface area contributed by atoms with Crippen molar-refractivity contribution in [2.24, 2.45) is 0 Å². The standard InChI is InChI=1S/C29H15ClF4N6O3/c1-43-27-25-22(9-21(37-27)17-6-14(10-35)2-4-18(17)30)38(12-15-7-19(32)26(34)20(33)8-15)29(42)40(28(25)41)24-11-36-23-5-3-16(31)13-39(23)24/h2-9,11,13H,12H2,1H3. The SMILES string of the molecule is COc1nc(-c2cc(C#N)ccc2Cl)cc2c1c(=O)n(-c1cnc3ccc(F)cn13)c(=O)n2Cc1cc(F)c(F)c(F)c1. The summed E-state index contributed by atoms with van der Waals surface area (Å²) >= 11 is 6.39. The highest BCUT2D eigenvalue weighted by Crippen LogP contribution is 2.32. The van der Waals surface area contributed by atoms with Crippen molar-refractivity contribution in [3.63, 3.8) is 0 Å². The molecule has 4 aromatic heterocycles. The molecule has 0 aliphatic carbocycles. The molecule has 0 saturated carbocycles. The maximum atomic E-state index is 14.2. The average molecular weight is 607 g/mol. The summed E-state index contributed by atoms with van der Waals surface area (Å²) in [6.07, 6.45) is 2.19. The number of halogens is 5. The third-order valence-electron chi connectivity index (χ3n) is 6.72. The number of imidazole rings is 1. The van der Waals surface area contributed by atoms with Gasteiger partial charge in [-0.3, -0.25) is 13.8 Å². The molecule has 0 fully saturated rings. The largest absolute Gasteiger partial charge is 0.480 e. The smallest absolute Gasteiger partial charge is 0.337 e. The molecule has 6 rings (SSSR count). The number of methoxy groups -OCH3 is 1. The summed E-state index contributed by atoms with van der Waals surface area (Å²) in [4.78, 5) is 36.6. The first-order chi connectivity index (χ1) is 20.6. The number of fused-ring (bicyclic) bond motifs is 2. The van der Waals surface area contributed by atoms with Crippen LogP contribution in [0.15, 0.2) is 70.5 Å². The molecule has 0 spiro atoms. The van der Waals surface area contributed by atoms with Crippen LogP contribution < -0.4 is 16.0 Å². The van der Waals surface area contributed by atoms with Crippen LogP contribution in [-0.4, -0.2) is 30.6 Å². The minimum absolute atomic E-state index is 0.0864. The second-order valence-corrected chi connectivity index (χ2v) is 9.70.